The van der Waals surface area contributed by atoms with Gasteiger partial charge >= 0.3 is 6.03 Å². The van der Waals surface area contributed by atoms with Crippen LogP contribution in [0.5, 0.6) is 11.5 Å². The fourth-order valence-electron chi connectivity index (χ4n) is 2.89. The predicted molar refractivity (Wildman–Crippen MR) is 110 cm³/mol. The molecule has 1 heterocycles. The molecule has 0 bridgehead atoms. The van der Waals surface area contributed by atoms with Crippen LogP contribution in [-0.4, -0.2) is 35.5 Å². The number of benzene rings is 2. The van der Waals surface area contributed by atoms with Crippen LogP contribution in [0.1, 0.15) is 36.2 Å². The van der Waals surface area contributed by atoms with Gasteiger partial charge in [0.05, 0.1) is 7.11 Å². The lowest BCUT2D eigenvalue weighted by molar-refractivity contribution is -0.132. The van der Waals surface area contributed by atoms with Crippen molar-refractivity contribution in [2.24, 2.45) is 0 Å². The maximum Gasteiger partial charge on any atom is 0.344 e. The van der Waals surface area contributed by atoms with Crippen LogP contribution in [0, 0.1) is 0 Å². The lowest BCUT2D eigenvalue weighted by Crippen LogP contribution is -2.48. The Kier molecular flexibility index (Phi) is 6.17. The van der Waals surface area contributed by atoms with E-state index in [0.29, 0.717) is 28.0 Å². The number of hydrazine groups is 1. The van der Waals surface area contributed by atoms with Crippen molar-refractivity contribution < 1.29 is 23.9 Å². The molecule has 0 aromatic heterocycles. The molecule has 3 rings (SSSR count). The molecule has 30 heavy (non-hydrogen) atoms. The Morgan fingerprint density at radius 1 is 1.20 bits per heavy atom. The quantitative estimate of drug-likeness (QED) is 0.655. The van der Waals surface area contributed by atoms with Gasteiger partial charge in [-0.25, -0.2) is 4.79 Å². The van der Waals surface area contributed by atoms with E-state index in [2.05, 4.69) is 10.7 Å². The molecule has 0 unspecified atom stereocenters. The molecule has 1 aliphatic rings. The third kappa shape index (κ3) is 4.18. The zero-order valence-corrected chi connectivity index (χ0v) is 17.6. The zero-order chi connectivity index (χ0) is 21.9. The standard InChI is InChI=1S/C21H22ClN3O5/c1-4-21(2)19(27)25(20(28)23-21)24-18(26)13-9-10-16(17(11-13)29-3)30-12-14-7-5-6-8-15(14)22/h5-11H,4,12H2,1-3H3,(H,23,28)(H,24,26)/t21-/m1/s1. The number of imide groups is 1. The number of halogens is 1. The summed E-state index contributed by atoms with van der Waals surface area (Å²) < 4.78 is 11.1. The number of carbonyl (C=O) groups is 3. The van der Waals surface area contributed by atoms with Crippen molar-refractivity contribution in [2.75, 3.05) is 7.11 Å². The SMILES string of the molecule is CC[C@@]1(C)NC(=O)N(NC(=O)c2ccc(OCc3ccccc3Cl)c(OC)c2)C1=O. The van der Waals surface area contributed by atoms with Crippen LogP contribution in [0.2, 0.25) is 5.02 Å². The van der Waals surface area contributed by atoms with Crippen LogP contribution in [-0.2, 0) is 11.4 Å². The first-order chi connectivity index (χ1) is 14.3. The van der Waals surface area contributed by atoms with Gasteiger partial charge in [-0.1, -0.05) is 36.7 Å². The molecule has 0 radical (unpaired) electrons. The van der Waals surface area contributed by atoms with Crippen molar-refractivity contribution in [1.82, 2.24) is 15.8 Å². The number of amides is 4. The summed E-state index contributed by atoms with van der Waals surface area (Å²) in [4.78, 5) is 37.1. The lowest BCUT2D eigenvalue weighted by Gasteiger charge is -2.19. The van der Waals surface area contributed by atoms with Gasteiger partial charge in [0.2, 0.25) is 0 Å². The molecule has 0 saturated carbocycles. The van der Waals surface area contributed by atoms with Gasteiger partial charge in [0, 0.05) is 16.1 Å². The second-order valence-electron chi connectivity index (χ2n) is 6.94. The van der Waals surface area contributed by atoms with E-state index < -0.39 is 23.4 Å². The molecule has 1 fully saturated rings. The maximum absolute atomic E-state index is 12.6. The van der Waals surface area contributed by atoms with Crippen LogP contribution in [0.4, 0.5) is 4.79 Å². The molecule has 158 valence electrons. The van der Waals surface area contributed by atoms with Crippen LogP contribution in [0.3, 0.4) is 0 Å². The molecule has 1 aliphatic heterocycles. The second-order valence-corrected chi connectivity index (χ2v) is 7.35. The number of rotatable bonds is 7. The fourth-order valence-corrected chi connectivity index (χ4v) is 3.08. The monoisotopic (exact) mass is 431 g/mol. The molecular weight excluding hydrogens is 410 g/mol. The number of hydrogen-bond donors (Lipinski definition) is 2. The van der Waals surface area contributed by atoms with Crippen LogP contribution < -0.4 is 20.2 Å². The summed E-state index contributed by atoms with van der Waals surface area (Å²) in [5.41, 5.74) is 2.30. The van der Waals surface area contributed by atoms with Crippen molar-refractivity contribution in [3.05, 3.63) is 58.6 Å². The first-order valence-corrected chi connectivity index (χ1v) is 9.68. The smallest absolute Gasteiger partial charge is 0.344 e. The topological polar surface area (TPSA) is 97.0 Å². The minimum atomic E-state index is -1.04. The minimum absolute atomic E-state index is 0.197. The van der Waals surface area contributed by atoms with Crippen LogP contribution in [0.25, 0.3) is 0 Å². The number of methoxy groups -OCH3 is 1. The number of ether oxygens (including phenoxy) is 2. The maximum atomic E-state index is 12.6. The number of nitrogens with one attached hydrogen (secondary N) is 2. The Balaban J connectivity index is 1.72. The predicted octanol–water partition coefficient (Wildman–Crippen LogP) is 3.29. The molecule has 0 spiro atoms. The average Bonchev–Trinajstić information content (AvgIpc) is 2.96. The van der Waals surface area contributed by atoms with E-state index in [9.17, 15) is 14.4 Å². The zero-order valence-electron chi connectivity index (χ0n) is 16.8. The number of hydrogen-bond acceptors (Lipinski definition) is 5. The van der Waals surface area contributed by atoms with E-state index in [4.69, 9.17) is 21.1 Å². The highest BCUT2D eigenvalue weighted by atomic mass is 35.5. The third-order valence-corrected chi connectivity index (χ3v) is 5.32. The number of carbonyl (C=O) groups excluding carboxylic acids is 3. The van der Waals surface area contributed by atoms with Gasteiger partial charge in [-0.3, -0.25) is 15.0 Å². The molecule has 4 amide bonds. The molecule has 9 heteroatoms. The Morgan fingerprint density at radius 3 is 2.57 bits per heavy atom. The molecule has 1 saturated heterocycles. The number of urea groups is 1. The van der Waals surface area contributed by atoms with Gasteiger partial charge in [0.15, 0.2) is 11.5 Å². The lowest BCUT2D eigenvalue weighted by atomic mass is 10.00. The highest BCUT2D eigenvalue weighted by Crippen LogP contribution is 2.30. The van der Waals surface area contributed by atoms with Gasteiger partial charge in [-0.15, -0.1) is 0 Å². The molecular formula is C21H22ClN3O5. The molecule has 0 aliphatic carbocycles. The van der Waals surface area contributed by atoms with E-state index in [0.717, 1.165) is 5.56 Å². The summed E-state index contributed by atoms with van der Waals surface area (Å²) in [5.74, 6) is -0.405. The summed E-state index contributed by atoms with van der Waals surface area (Å²) >= 11 is 6.14. The minimum Gasteiger partial charge on any atom is -0.493 e. The van der Waals surface area contributed by atoms with Gasteiger partial charge in [-0.2, -0.15) is 5.01 Å². The van der Waals surface area contributed by atoms with Crippen LogP contribution in [0.15, 0.2) is 42.5 Å². The van der Waals surface area contributed by atoms with Crippen molar-refractivity contribution >= 4 is 29.4 Å². The van der Waals surface area contributed by atoms with E-state index in [-0.39, 0.29) is 12.2 Å². The van der Waals surface area contributed by atoms with Crippen molar-refractivity contribution in [3.63, 3.8) is 0 Å². The molecule has 1 atom stereocenters. The van der Waals surface area contributed by atoms with Gasteiger partial charge in [-0.05, 0) is 37.6 Å². The van der Waals surface area contributed by atoms with E-state index in [1.165, 1.54) is 19.2 Å². The Labute approximate surface area is 179 Å². The Morgan fingerprint density at radius 2 is 1.93 bits per heavy atom. The summed E-state index contributed by atoms with van der Waals surface area (Å²) in [6.45, 7) is 3.60. The van der Waals surface area contributed by atoms with Crippen LogP contribution >= 0.6 is 11.6 Å². The summed E-state index contributed by atoms with van der Waals surface area (Å²) in [6, 6.07) is 11.2. The fraction of sp³-hybridized carbons (Fsp3) is 0.286. The average molecular weight is 432 g/mol. The van der Waals surface area contributed by atoms with Gasteiger partial charge < -0.3 is 14.8 Å². The molecule has 8 nitrogen and oxygen atoms in total. The Bertz CT molecular complexity index is 996. The van der Waals surface area contributed by atoms with E-state index >= 15 is 0 Å². The third-order valence-electron chi connectivity index (χ3n) is 4.95. The first-order valence-electron chi connectivity index (χ1n) is 9.31. The first kappa shape index (κ1) is 21.4. The summed E-state index contributed by atoms with van der Waals surface area (Å²) in [5, 5.41) is 3.85. The molecule has 2 N–H and O–H groups in total. The largest absolute Gasteiger partial charge is 0.493 e. The molecule has 2 aromatic carbocycles. The van der Waals surface area contributed by atoms with Crippen molar-refractivity contribution in [2.45, 2.75) is 32.4 Å². The van der Waals surface area contributed by atoms with Crippen molar-refractivity contribution in [3.8, 4) is 11.5 Å². The van der Waals surface area contributed by atoms with Gasteiger partial charge in [0.1, 0.15) is 12.1 Å². The summed E-state index contributed by atoms with van der Waals surface area (Å²) in [6.07, 6.45) is 0.398. The number of nitrogens with zero attached hydrogens (tertiary/aromatic N) is 1. The van der Waals surface area contributed by atoms with Gasteiger partial charge in [0.25, 0.3) is 11.8 Å². The molecule has 2 aromatic rings. The second kappa shape index (κ2) is 8.62. The van der Waals surface area contributed by atoms with E-state index in [1.54, 1.807) is 26.0 Å². The normalized spacial score (nSPS) is 18.2. The highest BCUT2D eigenvalue weighted by molar-refractivity contribution is 6.31. The highest BCUT2D eigenvalue weighted by Gasteiger charge is 2.47. The summed E-state index contributed by atoms with van der Waals surface area (Å²) in [7, 11) is 1.45. The van der Waals surface area contributed by atoms with E-state index in [1.807, 2.05) is 18.2 Å². The van der Waals surface area contributed by atoms with Crippen molar-refractivity contribution in [1.29, 1.82) is 0 Å². The Hall–Kier alpha value is -3.26.